The quantitative estimate of drug-likeness (QED) is 0.431. The monoisotopic (exact) mass is 158 g/mol. The highest BCUT2D eigenvalue weighted by Crippen LogP contribution is 2.21. The molecule has 3 nitrogen and oxygen atoms in total. The average molecular weight is 159 g/mol. The number of halogens is 1. The lowest BCUT2D eigenvalue weighted by molar-refractivity contribution is 0.389. The van der Waals surface area contributed by atoms with Gasteiger partial charge in [0, 0.05) is 0 Å². The third kappa shape index (κ3) is 1.32. The molecular weight excluding hydrogens is 152 g/mol. The second-order valence-electron chi connectivity index (χ2n) is 1.85. The highest BCUT2D eigenvalue weighted by atomic mass is 35.5. The maximum atomic E-state index is 8.40. The highest BCUT2D eigenvalue weighted by Gasteiger charge is 1.95. The molecule has 0 heterocycles. The summed E-state index contributed by atoms with van der Waals surface area (Å²) < 4.78 is 0. The molecule has 0 unspecified atom stereocenters. The summed E-state index contributed by atoms with van der Waals surface area (Å²) in [5, 5.41) is 8.83. The first kappa shape index (κ1) is 7.18. The summed E-state index contributed by atoms with van der Waals surface area (Å²) >= 11 is 5.62. The van der Waals surface area contributed by atoms with Gasteiger partial charge in [-0.15, -0.1) is 0 Å². The topological polar surface area (TPSA) is 58.3 Å². The van der Waals surface area contributed by atoms with Crippen LogP contribution in [0.15, 0.2) is 18.2 Å². The van der Waals surface area contributed by atoms with Crippen molar-refractivity contribution in [2.75, 3.05) is 11.2 Å². The normalized spacial score (nSPS) is 9.40. The minimum absolute atomic E-state index is 0.430. The maximum Gasteiger partial charge on any atom is 0.0656 e. The van der Waals surface area contributed by atoms with E-state index in [-0.39, 0.29) is 0 Å². The molecule has 10 heavy (non-hydrogen) atoms. The van der Waals surface area contributed by atoms with Crippen LogP contribution in [0.1, 0.15) is 0 Å². The van der Waals surface area contributed by atoms with Crippen molar-refractivity contribution in [1.29, 1.82) is 0 Å². The van der Waals surface area contributed by atoms with E-state index < -0.39 is 0 Å². The zero-order valence-corrected chi connectivity index (χ0v) is 5.89. The predicted octanol–water partition coefficient (Wildman–Crippen LogP) is 1.72. The van der Waals surface area contributed by atoms with E-state index >= 15 is 0 Å². The maximum absolute atomic E-state index is 8.40. The van der Waals surface area contributed by atoms with Gasteiger partial charge in [-0.2, -0.15) is 0 Å². The minimum atomic E-state index is 0.430. The zero-order chi connectivity index (χ0) is 7.56. The number of benzene rings is 1. The Labute approximate surface area is 63.4 Å². The standard InChI is InChI=1S/C6H7ClN2O/c7-5-3-4(9-10)1-2-6(5)8/h1-3,9-10H,8H2. The van der Waals surface area contributed by atoms with Gasteiger partial charge in [-0.05, 0) is 18.2 Å². The average Bonchev–Trinajstić information content (AvgIpc) is 1.95. The van der Waals surface area contributed by atoms with Crippen LogP contribution in [0.5, 0.6) is 0 Å². The molecular formula is C6H7ClN2O. The van der Waals surface area contributed by atoms with Gasteiger partial charge in [0.05, 0.1) is 16.4 Å². The van der Waals surface area contributed by atoms with E-state index in [4.69, 9.17) is 22.5 Å². The summed E-state index contributed by atoms with van der Waals surface area (Å²) in [5.41, 5.74) is 8.38. The lowest BCUT2D eigenvalue weighted by Crippen LogP contribution is -1.91. The first-order chi connectivity index (χ1) is 4.74. The summed E-state index contributed by atoms with van der Waals surface area (Å²) in [6.07, 6.45) is 0. The largest absolute Gasteiger partial charge is 0.398 e. The molecule has 0 aliphatic carbocycles. The van der Waals surface area contributed by atoms with Gasteiger partial charge in [0.15, 0.2) is 0 Å². The third-order valence-corrected chi connectivity index (χ3v) is 1.46. The van der Waals surface area contributed by atoms with Gasteiger partial charge in [-0.25, -0.2) is 0 Å². The van der Waals surface area contributed by atoms with Gasteiger partial charge >= 0.3 is 0 Å². The SMILES string of the molecule is Nc1ccc(NO)cc1Cl. The van der Waals surface area contributed by atoms with Crippen LogP contribution in [-0.4, -0.2) is 5.21 Å². The lowest BCUT2D eigenvalue weighted by atomic mass is 10.3. The number of hydrogen-bond acceptors (Lipinski definition) is 3. The fourth-order valence-electron chi connectivity index (χ4n) is 0.597. The number of rotatable bonds is 1. The second-order valence-corrected chi connectivity index (χ2v) is 2.26. The predicted molar refractivity (Wildman–Crippen MR) is 41.3 cm³/mol. The summed E-state index contributed by atoms with van der Waals surface area (Å²) in [4.78, 5) is 0. The van der Waals surface area contributed by atoms with Gasteiger partial charge < -0.3 is 5.73 Å². The van der Waals surface area contributed by atoms with Crippen LogP contribution in [0, 0.1) is 0 Å². The third-order valence-electron chi connectivity index (χ3n) is 1.13. The molecule has 0 radical (unpaired) electrons. The lowest BCUT2D eigenvalue weighted by Gasteiger charge is -2.00. The van der Waals surface area contributed by atoms with Gasteiger partial charge in [-0.3, -0.25) is 10.7 Å². The molecule has 0 saturated carbocycles. The second kappa shape index (κ2) is 2.77. The smallest absolute Gasteiger partial charge is 0.0656 e. The fourth-order valence-corrected chi connectivity index (χ4v) is 0.777. The summed E-state index contributed by atoms with van der Waals surface area (Å²) in [6, 6.07) is 4.78. The number of nitrogens with one attached hydrogen (secondary N) is 1. The number of nitrogens with two attached hydrogens (primary N) is 1. The Morgan fingerprint density at radius 3 is 2.70 bits per heavy atom. The molecule has 0 aliphatic heterocycles. The molecule has 0 saturated heterocycles. The van der Waals surface area contributed by atoms with Gasteiger partial charge in [0.1, 0.15) is 0 Å². The summed E-state index contributed by atoms with van der Waals surface area (Å²) in [6.45, 7) is 0. The van der Waals surface area contributed by atoms with Crippen molar-refractivity contribution >= 4 is 23.0 Å². The molecule has 0 bridgehead atoms. The van der Waals surface area contributed by atoms with E-state index in [9.17, 15) is 0 Å². The molecule has 4 N–H and O–H groups in total. The van der Waals surface area contributed by atoms with Gasteiger partial charge in [-0.1, -0.05) is 11.6 Å². The highest BCUT2D eigenvalue weighted by molar-refractivity contribution is 6.33. The summed E-state index contributed by atoms with van der Waals surface area (Å²) in [7, 11) is 0. The number of hydrogen-bond donors (Lipinski definition) is 3. The van der Waals surface area contributed by atoms with Crippen molar-refractivity contribution in [2.24, 2.45) is 0 Å². The molecule has 1 aromatic carbocycles. The van der Waals surface area contributed by atoms with Crippen molar-refractivity contribution < 1.29 is 5.21 Å². The molecule has 4 heteroatoms. The van der Waals surface area contributed by atoms with E-state index in [0.717, 1.165) is 0 Å². The molecule has 0 amide bonds. The van der Waals surface area contributed by atoms with Crippen molar-refractivity contribution in [1.82, 2.24) is 0 Å². The van der Waals surface area contributed by atoms with E-state index in [1.54, 1.807) is 12.1 Å². The molecule has 1 aromatic rings. The van der Waals surface area contributed by atoms with E-state index in [2.05, 4.69) is 0 Å². The molecule has 0 aliphatic rings. The fraction of sp³-hybridized carbons (Fsp3) is 0. The van der Waals surface area contributed by atoms with Crippen molar-refractivity contribution in [3.8, 4) is 0 Å². The Bertz CT molecular complexity index is 239. The van der Waals surface area contributed by atoms with Crippen LogP contribution in [0.3, 0.4) is 0 Å². The Morgan fingerprint density at radius 1 is 1.50 bits per heavy atom. The van der Waals surface area contributed by atoms with Crippen LogP contribution in [0.25, 0.3) is 0 Å². The van der Waals surface area contributed by atoms with Gasteiger partial charge in [0.2, 0.25) is 0 Å². The van der Waals surface area contributed by atoms with Crippen molar-refractivity contribution in [3.63, 3.8) is 0 Å². The van der Waals surface area contributed by atoms with E-state index in [0.29, 0.717) is 16.4 Å². The number of nitrogen functional groups attached to an aromatic ring is 1. The Hall–Kier alpha value is -0.930. The van der Waals surface area contributed by atoms with Crippen LogP contribution < -0.4 is 11.2 Å². The first-order valence-corrected chi connectivity index (χ1v) is 3.07. The van der Waals surface area contributed by atoms with E-state index in [1.807, 2.05) is 5.48 Å². The zero-order valence-electron chi connectivity index (χ0n) is 5.13. The minimum Gasteiger partial charge on any atom is -0.398 e. The van der Waals surface area contributed by atoms with Gasteiger partial charge in [0.25, 0.3) is 0 Å². The van der Waals surface area contributed by atoms with E-state index in [1.165, 1.54) is 6.07 Å². The van der Waals surface area contributed by atoms with Crippen LogP contribution in [0.4, 0.5) is 11.4 Å². The van der Waals surface area contributed by atoms with Crippen molar-refractivity contribution in [2.45, 2.75) is 0 Å². The molecule has 54 valence electrons. The molecule has 1 rings (SSSR count). The molecule has 0 atom stereocenters. The Kier molecular flexibility index (Phi) is 1.99. The van der Waals surface area contributed by atoms with Crippen LogP contribution in [-0.2, 0) is 0 Å². The molecule has 0 fully saturated rings. The first-order valence-electron chi connectivity index (χ1n) is 2.69. The number of anilines is 2. The molecule has 0 spiro atoms. The molecule has 0 aromatic heterocycles. The van der Waals surface area contributed by atoms with Crippen LogP contribution >= 0.6 is 11.6 Å². The summed E-state index contributed by atoms with van der Waals surface area (Å²) in [5.74, 6) is 0. The van der Waals surface area contributed by atoms with Crippen LogP contribution in [0.2, 0.25) is 5.02 Å². The van der Waals surface area contributed by atoms with Crippen molar-refractivity contribution in [3.05, 3.63) is 23.2 Å². The Balaban J connectivity index is 3.04. The Morgan fingerprint density at radius 2 is 2.20 bits per heavy atom.